The fraction of sp³-hybridized carbons (Fsp3) is 0.467. The van der Waals surface area contributed by atoms with Gasteiger partial charge in [-0.3, -0.25) is 9.59 Å². The highest BCUT2D eigenvalue weighted by Crippen LogP contribution is 2.10. The summed E-state index contributed by atoms with van der Waals surface area (Å²) in [5.74, 6) is -0.344. The molecule has 1 aromatic rings. The third kappa shape index (κ3) is 6.33. The predicted molar refractivity (Wildman–Crippen MR) is 77.1 cm³/mol. The third-order valence-corrected chi connectivity index (χ3v) is 2.77. The highest BCUT2D eigenvalue weighted by molar-refractivity contribution is 5.78. The number of rotatable bonds is 8. The van der Waals surface area contributed by atoms with Gasteiger partial charge < -0.3 is 15.4 Å². The summed E-state index contributed by atoms with van der Waals surface area (Å²) in [6, 6.07) is 9.73. The molecule has 0 spiro atoms. The van der Waals surface area contributed by atoms with Gasteiger partial charge in [0.15, 0.2) is 0 Å². The van der Waals surface area contributed by atoms with Gasteiger partial charge in [-0.25, -0.2) is 0 Å². The van der Waals surface area contributed by atoms with Crippen LogP contribution in [0.15, 0.2) is 30.3 Å². The molecule has 0 radical (unpaired) electrons. The van der Waals surface area contributed by atoms with Crippen LogP contribution in [0.3, 0.4) is 0 Å². The Morgan fingerprint density at radius 1 is 1.25 bits per heavy atom. The fourth-order valence-electron chi connectivity index (χ4n) is 1.74. The Balaban J connectivity index is 2.19. The number of benzene rings is 1. The van der Waals surface area contributed by atoms with Crippen LogP contribution in [0.1, 0.15) is 31.9 Å². The van der Waals surface area contributed by atoms with Crippen molar-refractivity contribution in [2.75, 3.05) is 19.7 Å². The molecule has 5 nitrogen and oxygen atoms in total. The number of ether oxygens (including phenoxy) is 1. The van der Waals surface area contributed by atoms with Gasteiger partial charge in [0.1, 0.15) is 0 Å². The first-order valence-electron chi connectivity index (χ1n) is 6.84. The van der Waals surface area contributed by atoms with Gasteiger partial charge in [0.2, 0.25) is 5.91 Å². The minimum atomic E-state index is -0.252. The van der Waals surface area contributed by atoms with E-state index in [1.54, 1.807) is 6.92 Å². The number of esters is 1. The molecule has 20 heavy (non-hydrogen) atoms. The van der Waals surface area contributed by atoms with Gasteiger partial charge in [-0.1, -0.05) is 30.3 Å². The minimum absolute atomic E-state index is 0.0319. The second-order valence-corrected chi connectivity index (χ2v) is 4.43. The molecule has 0 aliphatic heterocycles. The standard InChI is InChI=1S/C15H22N2O3/c1-3-20-15(19)9-10-16-11-14(18)17-12(2)13-7-5-4-6-8-13/h4-8,12,16H,3,9-11H2,1-2H3,(H,17,18). The molecule has 0 saturated heterocycles. The van der Waals surface area contributed by atoms with Crippen molar-refractivity contribution in [1.82, 2.24) is 10.6 Å². The maximum absolute atomic E-state index is 11.7. The van der Waals surface area contributed by atoms with Crippen LogP contribution >= 0.6 is 0 Å². The second kappa shape index (κ2) is 9.09. The van der Waals surface area contributed by atoms with Crippen molar-refractivity contribution < 1.29 is 14.3 Å². The summed E-state index contributed by atoms with van der Waals surface area (Å²) < 4.78 is 4.79. The molecule has 1 amide bonds. The average Bonchev–Trinajstić information content (AvgIpc) is 2.45. The summed E-state index contributed by atoms with van der Waals surface area (Å²) >= 11 is 0. The summed E-state index contributed by atoms with van der Waals surface area (Å²) in [5.41, 5.74) is 1.06. The Morgan fingerprint density at radius 3 is 2.60 bits per heavy atom. The highest BCUT2D eigenvalue weighted by Gasteiger charge is 2.09. The summed E-state index contributed by atoms with van der Waals surface area (Å²) in [6.45, 7) is 4.71. The molecule has 2 N–H and O–H groups in total. The fourth-order valence-corrected chi connectivity index (χ4v) is 1.74. The predicted octanol–water partition coefficient (Wildman–Crippen LogP) is 1.41. The first-order chi connectivity index (χ1) is 9.63. The normalized spacial score (nSPS) is 11.7. The van der Waals surface area contributed by atoms with Crippen LogP contribution in [-0.4, -0.2) is 31.6 Å². The van der Waals surface area contributed by atoms with Crippen LogP contribution < -0.4 is 10.6 Å². The van der Waals surface area contributed by atoms with E-state index in [1.807, 2.05) is 37.3 Å². The lowest BCUT2D eigenvalue weighted by Crippen LogP contribution is -2.36. The van der Waals surface area contributed by atoms with Crippen LogP contribution in [0.2, 0.25) is 0 Å². The summed E-state index contributed by atoms with van der Waals surface area (Å²) in [6.07, 6.45) is 0.273. The smallest absolute Gasteiger partial charge is 0.307 e. The maximum Gasteiger partial charge on any atom is 0.307 e. The molecule has 110 valence electrons. The van der Waals surface area contributed by atoms with Crippen LogP contribution in [0.4, 0.5) is 0 Å². The Morgan fingerprint density at radius 2 is 1.95 bits per heavy atom. The maximum atomic E-state index is 11.7. The second-order valence-electron chi connectivity index (χ2n) is 4.43. The minimum Gasteiger partial charge on any atom is -0.466 e. The molecule has 1 aromatic carbocycles. The molecular weight excluding hydrogens is 256 g/mol. The average molecular weight is 278 g/mol. The zero-order valence-electron chi connectivity index (χ0n) is 12.0. The van der Waals surface area contributed by atoms with Crippen LogP contribution in [0.25, 0.3) is 0 Å². The molecular formula is C15H22N2O3. The van der Waals surface area contributed by atoms with Crippen molar-refractivity contribution in [2.45, 2.75) is 26.3 Å². The Kier molecular flexibility index (Phi) is 7.35. The van der Waals surface area contributed by atoms with Crippen molar-refractivity contribution in [3.8, 4) is 0 Å². The highest BCUT2D eigenvalue weighted by atomic mass is 16.5. The number of hydrogen-bond acceptors (Lipinski definition) is 4. The van der Waals surface area contributed by atoms with E-state index in [9.17, 15) is 9.59 Å². The van der Waals surface area contributed by atoms with Crippen molar-refractivity contribution >= 4 is 11.9 Å². The lowest BCUT2D eigenvalue weighted by molar-refractivity contribution is -0.143. The van der Waals surface area contributed by atoms with E-state index in [2.05, 4.69) is 10.6 Å². The summed E-state index contributed by atoms with van der Waals surface area (Å²) in [7, 11) is 0. The van der Waals surface area contributed by atoms with Crippen LogP contribution in [0, 0.1) is 0 Å². The van der Waals surface area contributed by atoms with E-state index in [-0.39, 0.29) is 30.9 Å². The largest absolute Gasteiger partial charge is 0.466 e. The quantitative estimate of drug-likeness (QED) is 0.557. The Labute approximate surface area is 119 Å². The van der Waals surface area contributed by atoms with Crippen molar-refractivity contribution in [1.29, 1.82) is 0 Å². The van der Waals surface area contributed by atoms with E-state index in [4.69, 9.17) is 4.74 Å². The van der Waals surface area contributed by atoms with Crippen molar-refractivity contribution in [3.05, 3.63) is 35.9 Å². The van der Waals surface area contributed by atoms with E-state index < -0.39 is 0 Å². The van der Waals surface area contributed by atoms with E-state index in [0.29, 0.717) is 13.2 Å². The first kappa shape index (κ1) is 16.2. The zero-order valence-corrected chi connectivity index (χ0v) is 12.0. The third-order valence-electron chi connectivity index (χ3n) is 2.77. The molecule has 0 aliphatic carbocycles. The van der Waals surface area contributed by atoms with E-state index in [0.717, 1.165) is 5.56 Å². The molecule has 0 bridgehead atoms. The molecule has 0 heterocycles. The molecule has 1 unspecified atom stereocenters. The van der Waals surface area contributed by atoms with Crippen molar-refractivity contribution in [2.24, 2.45) is 0 Å². The number of hydrogen-bond donors (Lipinski definition) is 2. The van der Waals surface area contributed by atoms with Gasteiger partial charge in [0, 0.05) is 6.54 Å². The summed E-state index contributed by atoms with van der Waals surface area (Å²) in [5, 5.41) is 5.81. The molecule has 0 aromatic heterocycles. The number of carbonyl (C=O) groups is 2. The lowest BCUT2D eigenvalue weighted by Gasteiger charge is -2.14. The SMILES string of the molecule is CCOC(=O)CCNCC(=O)NC(C)c1ccccc1. The zero-order chi connectivity index (χ0) is 14.8. The molecule has 1 rings (SSSR count). The van der Waals surface area contributed by atoms with Gasteiger partial charge in [-0.2, -0.15) is 0 Å². The molecule has 1 atom stereocenters. The van der Waals surface area contributed by atoms with Crippen molar-refractivity contribution in [3.63, 3.8) is 0 Å². The topological polar surface area (TPSA) is 67.4 Å². The van der Waals surface area contributed by atoms with Crippen LogP contribution in [-0.2, 0) is 14.3 Å². The van der Waals surface area contributed by atoms with Gasteiger partial charge in [0.05, 0.1) is 25.6 Å². The number of carbonyl (C=O) groups excluding carboxylic acids is 2. The Hall–Kier alpha value is -1.88. The molecule has 0 saturated carbocycles. The van der Waals surface area contributed by atoms with Gasteiger partial charge in [-0.15, -0.1) is 0 Å². The van der Waals surface area contributed by atoms with Gasteiger partial charge in [0.25, 0.3) is 0 Å². The van der Waals surface area contributed by atoms with Gasteiger partial charge in [-0.05, 0) is 19.4 Å². The molecule has 0 fully saturated rings. The monoisotopic (exact) mass is 278 g/mol. The molecule has 0 aliphatic rings. The van der Waals surface area contributed by atoms with E-state index in [1.165, 1.54) is 0 Å². The Bertz CT molecular complexity index is 420. The first-order valence-corrected chi connectivity index (χ1v) is 6.84. The molecule has 5 heteroatoms. The van der Waals surface area contributed by atoms with Gasteiger partial charge >= 0.3 is 5.97 Å². The van der Waals surface area contributed by atoms with E-state index >= 15 is 0 Å². The number of amides is 1. The number of nitrogens with one attached hydrogen (secondary N) is 2. The lowest BCUT2D eigenvalue weighted by atomic mass is 10.1. The summed E-state index contributed by atoms with van der Waals surface area (Å²) in [4.78, 5) is 22.8. The van der Waals surface area contributed by atoms with Crippen LogP contribution in [0.5, 0.6) is 0 Å².